The first-order valence-electron chi connectivity index (χ1n) is 7.79. The van der Waals surface area contributed by atoms with Crippen molar-refractivity contribution in [2.24, 2.45) is 11.8 Å². The summed E-state index contributed by atoms with van der Waals surface area (Å²) in [6.07, 6.45) is 10.6. The van der Waals surface area contributed by atoms with Crippen LogP contribution in [0.2, 0.25) is 0 Å². The molecular weight excluding hydrogens is 232 g/mol. The molecule has 2 nitrogen and oxygen atoms in total. The fourth-order valence-corrected chi connectivity index (χ4v) is 3.30. The highest BCUT2D eigenvalue weighted by Crippen LogP contribution is 2.28. The van der Waals surface area contributed by atoms with Crippen molar-refractivity contribution in [3.63, 3.8) is 0 Å². The molecule has 0 radical (unpaired) electrons. The van der Waals surface area contributed by atoms with Gasteiger partial charge < -0.3 is 0 Å². The van der Waals surface area contributed by atoms with Gasteiger partial charge in [-0.1, -0.05) is 61.9 Å². The van der Waals surface area contributed by atoms with Crippen LogP contribution in [-0.2, 0) is 6.42 Å². The third-order valence-electron chi connectivity index (χ3n) is 4.44. The normalized spacial score (nSPS) is 18.4. The summed E-state index contributed by atoms with van der Waals surface area (Å²) in [6.45, 7) is 2.16. The molecular formula is C17H28N2. The highest BCUT2D eigenvalue weighted by atomic mass is 15.2. The van der Waals surface area contributed by atoms with Crippen LogP contribution >= 0.6 is 0 Å². The molecule has 0 amide bonds. The zero-order valence-electron chi connectivity index (χ0n) is 12.2. The summed E-state index contributed by atoms with van der Waals surface area (Å²) in [5.74, 6) is 6.63. The van der Waals surface area contributed by atoms with Crippen molar-refractivity contribution in [3.8, 4) is 0 Å². The minimum atomic E-state index is 0.476. The molecule has 1 aliphatic rings. The van der Waals surface area contributed by atoms with Gasteiger partial charge in [0.1, 0.15) is 0 Å². The van der Waals surface area contributed by atoms with Crippen LogP contribution in [0.25, 0.3) is 0 Å². The number of hydrogen-bond acceptors (Lipinski definition) is 2. The van der Waals surface area contributed by atoms with Crippen LogP contribution in [0.3, 0.4) is 0 Å². The molecule has 0 aromatic heterocycles. The fourth-order valence-electron chi connectivity index (χ4n) is 3.30. The molecule has 0 bridgehead atoms. The second-order valence-electron chi connectivity index (χ2n) is 6.13. The molecule has 0 aliphatic heterocycles. The molecule has 3 N–H and O–H groups in total. The lowest BCUT2D eigenvalue weighted by atomic mass is 9.84. The Morgan fingerprint density at radius 3 is 2.74 bits per heavy atom. The summed E-state index contributed by atoms with van der Waals surface area (Å²) < 4.78 is 0. The molecule has 1 aromatic carbocycles. The SMILES string of the molecule is Cc1cccc(CCC(CC2CCCCC2)NN)c1. The molecule has 1 fully saturated rings. The van der Waals surface area contributed by atoms with Gasteiger partial charge in [0.15, 0.2) is 0 Å². The largest absolute Gasteiger partial charge is 0.271 e. The van der Waals surface area contributed by atoms with Gasteiger partial charge in [-0.05, 0) is 37.7 Å². The fraction of sp³-hybridized carbons (Fsp3) is 0.647. The van der Waals surface area contributed by atoms with Crippen LogP contribution in [0.5, 0.6) is 0 Å². The molecule has 1 atom stereocenters. The summed E-state index contributed by atoms with van der Waals surface area (Å²) in [5, 5.41) is 0. The first-order chi connectivity index (χ1) is 9.28. The summed E-state index contributed by atoms with van der Waals surface area (Å²) in [5.41, 5.74) is 5.82. The van der Waals surface area contributed by atoms with Crippen LogP contribution in [0.1, 0.15) is 56.1 Å². The van der Waals surface area contributed by atoms with E-state index in [0.717, 1.165) is 18.8 Å². The van der Waals surface area contributed by atoms with E-state index < -0.39 is 0 Å². The number of hydrazine groups is 1. The lowest BCUT2D eigenvalue weighted by molar-refractivity contribution is 0.292. The van der Waals surface area contributed by atoms with E-state index in [1.807, 2.05) is 0 Å². The molecule has 1 unspecified atom stereocenters. The van der Waals surface area contributed by atoms with Gasteiger partial charge in [-0.3, -0.25) is 11.3 Å². The quantitative estimate of drug-likeness (QED) is 0.604. The van der Waals surface area contributed by atoms with Crippen LogP contribution in [0.4, 0.5) is 0 Å². The van der Waals surface area contributed by atoms with Crippen molar-refractivity contribution in [1.82, 2.24) is 5.43 Å². The van der Waals surface area contributed by atoms with Crippen molar-refractivity contribution in [3.05, 3.63) is 35.4 Å². The van der Waals surface area contributed by atoms with Crippen molar-refractivity contribution < 1.29 is 0 Å². The maximum Gasteiger partial charge on any atom is 0.0216 e. The monoisotopic (exact) mass is 260 g/mol. The number of aryl methyl sites for hydroxylation is 2. The zero-order valence-corrected chi connectivity index (χ0v) is 12.2. The number of benzene rings is 1. The highest BCUT2D eigenvalue weighted by molar-refractivity contribution is 5.22. The third-order valence-corrected chi connectivity index (χ3v) is 4.44. The van der Waals surface area contributed by atoms with Gasteiger partial charge in [0, 0.05) is 6.04 Å². The predicted octanol–water partition coefficient (Wildman–Crippen LogP) is 3.73. The first kappa shape index (κ1) is 14.5. The molecule has 2 rings (SSSR count). The number of rotatable bonds is 6. The van der Waals surface area contributed by atoms with Gasteiger partial charge in [-0.15, -0.1) is 0 Å². The van der Waals surface area contributed by atoms with E-state index in [9.17, 15) is 0 Å². The van der Waals surface area contributed by atoms with Gasteiger partial charge in [0.05, 0.1) is 0 Å². The molecule has 1 saturated carbocycles. The van der Waals surface area contributed by atoms with Gasteiger partial charge in [0.25, 0.3) is 0 Å². The predicted molar refractivity (Wildman–Crippen MR) is 81.8 cm³/mol. The van der Waals surface area contributed by atoms with Crippen molar-refractivity contribution >= 4 is 0 Å². The number of nitrogens with one attached hydrogen (secondary N) is 1. The van der Waals surface area contributed by atoms with E-state index >= 15 is 0 Å². The average molecular weight is 260 g/mol. The summed E-state index contributed by atoms with van der Waals surface area (Å²) in [6, 6.07) is 9.29. The summed E-state index contributed by atoms with van der Waals surface area (Å²) in [4.78, 5) is 0. The van der Waals surface area contributed by atoms with Gasteiger partial charge in [0.2, 0.25) is 0 Å². The van der Waals surface area contributed by atoms with E-state index in [1.54, 1.807) is 0 Å². The second kappa shape index (κ2) is 7.66. The first-order valence-corrected chi connectivity index (χ1v) is 7.79. The Bertz CT molecular complexity index is 369. The van der Waals surface area contributed by atoms with E-state index in [0.29, 0.717) is 6.04 Å². The zero-order chi connectivity index (χ0) is 13.5. The minimum absolute atomic E-state index is 0.476. The Kier molecular flexibility index (Phi) is 5.87. The van der Waals surface area contributed by atoms with Crippen LogP contribution in [0, 0.1) is 12.8 Å². The second-order valence-corrected chi connectivity index (χ2v) is 6.13. The maximum absolute atomic E-state index is 5.73. The average Bonchev–Trinajstić information content (AvgIpc) is 2.44. The Balaban J connectivity index is 1.78. The molecule has 1 aromatic rings. The Labute approximate surface area is 117 Å². The van der Waals surface area contributed by atoms with E-state index in [1.165, 1.54) is 49.7 Å². The molecule has 0 heterocycles. The number of hydrogen-bond donors (Lipinski definition) is 2. The van der Waals surface area contributed by atoms with Crippen molar-refractivity contribution in [1.29, 1.82) is 0 Å². The van der Waals surface area contributed by atoms with Gasteiger partial charge in [-0.25, -0.2) is 0 Å². The highest BCUT2D eigenvalue weighted by Gasteiger charge is 2.18. The third kappa shape index (κ3) is 4.96. The molecule has 0 saturated heterocycles. The summed E-state index contributed by atoms with van der Waals surface area (Å²) >= 11 is 0. The Morgan fingerprint density at radius 1 is 1.26 bits per heavy atom. The van der Waals surface area contributed by atoms with Crippen molar-refractivity contribution in [2.75, 3.05) is 0 Å². The number of nitrogens with two attached hydrogens (primary N) is 1. The lowest BCUT2D eigenvalue weighted by Crippen LogP contribution is -2.37. The molecule has 1 aliphatic carbocycles. The molecule has 0 spiro atoms. The van der Waals surface area contributed by atoms with E-state index in [-0.39, 0.29) is 0 Å². The Hall–Kier alpha value is -0.860. The van der Waals surface area contributed by atoms with Gasteiger partial charge >= 0.3 is 0 Å². The maximum atomic E-state index is 5.73. The lowest BCUT2D eigenvalue weighted by Gasteiger charge is -2.26. The van der Waals surface area contributed by atoms with Gasteiger partial charge in [-0.2, -0.15) is 0 Å². The summed E-state index contributed by atoms with van der Waals surface area (Å²) in [7, 11) is 0. The molecule has 2 heteroatoms. The van der Waals surface area contributed by atoms with Crippen molar-refractivity contribution in [2.45, 2.75) is 64.3 Å². The van der Waals surface area contributed by atoms with Crippen LogP contribution in [-0.4, -0.2) is 6.04 Å². The topological polar surface area (TPSA) is 38.0 Å². The van der Waals surface area contributed by atoms with E-state index in [4.69, 9.17) is 5.84 Å². The van der Waals surface area contributed by atoms with Crippen LogP contribution < -0.4 is 11.3 Å². The molecule has 19 heavy (non-hydrogen) atoms. The standard InChI is InChI=1S/C17H28N2/c1-14-6-5-9-16(12-14)10-11-17(19-18)13-15-7-3-2-4-8-15/h5-6,9,12,15,17,19H,2-4,7-8,10-11,13,18H2,1H3. The van der Waals surface area contributed by atoms with E-state index in [2.05, 4.69) is 36.6 Å². The van der Waals surface area contributed by atoms with Crippen LogP contribution in [0.15, 0.2) is 24.3 Å². The smallest absolute Gasteiger partial charge is 0.0216 e. The molecule has 106 valence electrons. The Morgan fingerprint density at radius 2 is 2.05 bits per heavy atom. The minimum Gasteiger partial charge on any atom is -0.271 e.